The number of amides is 1. The second kappa shape index (κ2) is 7.99. The highest BCUT2D eigenvalue weighted by atomic mass is 32.2. The normalized spacial score (nSPS) is 19.7. The average Bonchev–Trinajstić information content (AvgIpc) is 3.29. The lowest BCUT2D eigenvalue weighted by atomic mass is 9.95. The summed E-state index contributed by atoms with van der Waals surface area (Å²) >= 11 is 1.77. The van der Waals surface area contributed by atoms with Crippen LogP contribution in [0, 0.1) is 0 Å². The van der Waals surface area contributed by atoms with Crippen LogP contribution in [-0.4, -0.2) is 44.8 Å². The van der Waals surface area contributed by atoms with E-state index in [1.807, 2.05) is 29.2 Å². The molecule has 1 aromatic carbocycles. The molecule has 29 heavy (non-hydrogen) atoms. The van der Waals surface area contributed by atoms with Gasteiger partial charge in [0.15, 0.2) is 0 Å². The summed E-state index contributed by atoms with van der Waals surface area (Å²) in [6.45, 7) is 1.45. The van der Waals surface area contributed by atoms with Gasteiger partial charge in [-0.05, 0) is 48.3 Å². The second-order valence-electron chi connectivity index (χ2n) is 7.47. The summed E-state index contributed by atoms with van der Waals surface area (Å²) in [6.07, 6.45) is 4.45. The maximum absolute atomic E-state index is 13.2. The highest BCUT2D eigenvalue weighted by Crippen LogP contribution is 2.39. The minimum absolute atomic E-state index is 0.0735. The lowest BCUT2D eigenvalue weighted by Gasteiger charge is -2.34. The van der Waals surface area contributed by atoms with Crippen LogP contribution >= 0.6 is 11.8 Å². The molecule has 2 aliphatic heterocycles. The van der Waals surface area contributed by atoms with E-state index < -0.39 is 0 Å². The van der Waals surface area contributed by atoms with Crippen molar-refractivity contribution >= 4 is 17.7 Å². The van der Waals surface area contributed by atoms with Crippen LogP contribution in [-0.2, 0) is 11.2 Å². The SMILES string of the molecule is O=C(C1SCCc2ccccc21)N1CCC(c2nc(-c3ccccn3)no2)CC1. The molecule has 0 spiro atoms. The molecule has 0 saturated carbocycles. The number of pyridine rings is 1. The Labute approximate surface area is 173 Å². The molecule has 2 aliphatic rings. The third kappa shape index (κ3) is 3.67. The first-order chi connectivity index (χ1) is 14.3. The van der Waals surface area contributed by atoms with E-state index in [0.717, 1.165) is 38.1 Å². The zero-order valence-electron chi connectivity index (χ0n) is 16.0. The molecule has 3 aromatic rings. The Balaban J connectivity index is 1.24. The number of aryl methyl sites for hydroxylation is 1. The van der Waals surface area contributed by atoms with E-state index >= 15 is 0 Å². The molecule has 1 atom stereocenters. The number of thioether (sulfide) groups is 1. The van der Waals surface area contributed by atoms with E-state index in [9.17, 15) is 4.79 Å². The average molecular weight is 407 g/mol. The number of nitrogens with zero attached hydrogens (tertiary/aromatic N) is 4. The predicted octanol–water partition coefficient (Wildman–Crippen LogP) is 3.87. The van der Waals surface area contributed by atoms with Gasteiger partial charge in [0.2, 0.25) is 17.6 Å². The molecule has 148 valence electrons. The first-order valence-corrected chi connectivity index (χ1v) is 11.1. The quantitative estimate of drug-likeness (QED) is 0.658. The molecule has 0 bridgehead atoms. The number of hydrogen-bond acceptors (Lipinski definition) is 6. The van der Waals surface area contributed by atoms with Gasteiger partial charge in [-0.1, -0.05) is 35.5 Å². The molecule has 1 saturated heterocycles. The number of benzene rings is 1. The summed E-state index contributed by atoms with van der Waals surface area (Å²) in [5.74, 6) is 2.60. The third-order valence-electron chi connectivity index (χ3n) is 5.71. The fraction of sp³-hybridized carbons (Fsp3) is 0.364. The van der Waals surface area contributed by atoms with Crippen LogP contribution in [0.4, 0.5) is 0 Å². The smallest absolute Gasteiger partial charge is 0.240 e. The zero-order chi connectivity index (χ0) is 19.6. The molecule has 1 fully saturated rings. The van der Waals surface area contributed by atoms with Crippen molar-refractivity contribution in [1.82, 2.24) is 20.0 Å². The minimum Gasteiger partial charge on any atom is -0.341 e. The van der Waals surface area contributed by atoms with Crippen LogP contribution in [0.5, 0.6) is 0 Å². The maximum atomic E-state index is 13.2. The van der Waals surface area contributed by atoms with Crippen molar-refractivity contribution in [2.75, 3.05) is 18.8 Å². The van der Waals surface area contributed by atoms with Crippen molar-refractivity contribution in [2.24, 2.45) is 0 Å². The monoisotopic (exact) mass is 406 g/mol. The first-order valence-electron chi connectivity index (χ1n) is 10.0. The number of aromatic nitrogens is 3. The number of piperidine rings is 1. The van der Waals surface area contributed by atoms with Gasteiger partial charge in [0.05, 0.1) is 0 Å². The number of hydrogen-bond donors (Lipinski definition) is 0. The number of likely N-dealkylation sites (tertiary alicyclic amines) is 1. The topological polar surface area (TPSA) is 72.1 Å². The number of carbonyl (C=O) groups excluding carboxylic acids is 1. The number of fused-ring (bicyclic) bond motifs is 1. The van der Waals surface area contributed by atoms with Gasteiger partial charge >= 0.3 is 0 Å². The summed E-state index contributed by atoms with van der Waals surface area (Å²) in [4.78, 5) is 24.0. The summed E-state index contributed by atoms with van der Waals surface area (Å²) in [5.41, 5.74) is 3.21. The minimum atomic E-state index is -0.0735. The first kappa shape index (κ1) is 18.4. The Hall–Kier alpha value is -2.67. The van der Waals surface area contributed by atoms with E-state index in [0.29, 0.717) is 17.4 Å². The van der Waals surface area contributed by atoms with Gasteiger partial charge in [0, 0.05) is 25.2 Å². The maximum Gasteiger partial charge on any atom is 0.240 e. The van der Waals surface area contributed by atoms with Crippen molar-refractivity contribution in [3.63, 3.8) is 0 Å². The summed E-state index contributed by atoms with van der Waals surface area (Å²) in [7, 11) is 0. The number of carbonyl (C=O) groups is 1. The Morgan fingerprint density at radius 1 is 1.10 bits per heavy atom. The van der Waals surface area contributed by atoms with Crippen molar-refractivity contribution in [2.45, 2.75) is 30.4 Å². The number of rotatable bonds is 3. The lowest BCUT2D eigenvalue weighted by Crippen LogP contribution is -2.40. The molecule has 1 unspecified atom stereocenters. The van der Waals surface area contributed by atoms with Crippen LogP contribution < -0.4 is 0 Å². The van der Waals surface area contributed by atoms with E-state index in [-0.39, 0.29) is 17.1 Å². The highest BCUT2D eigenvalue weighted by Gasteiger charge is 2.34. The van der Waals surface area contributed by atoms with Crippen LogP contribution in [0.15, 0.2) is 53.2 Å². The molecule has 1 amide bonds. The van der Waals surface area contributed by atoms with Crippen LogP contribution in [0.3, 0.4) is 0 Å². The Morgan fingerprint density at radius 3 is 2.76 bits per heavy atom. The van der Waals surface area contributed by atoms with Gasteiger partial charge in [0.1, 0.15) is 10.9 Å². The molecule has 5 rings (SSSR count). The molecule has 0 radical (unpaired) electrons. The zero-order valence-corrected chi connectivity index (χ0v) is 16.8. The summed E-state index contributed by atoms with van der Waals surface area (Å²) in [6, 6.07) is 14.0. The Morgan fingerprint density at radius 2 is 1.93 bits per heavy atom. The second-order valence-corrected chi connectivity index (χ2v) is 8.68. The molecule has 0 N–H and O–H groups in total. The molecule has 2 aromatic heterocycles. The molecule has 7 heteroatoms. The van der Waals surface area contributed by atoms with E-state index in [4.69, 9.17) is 4.52 Å². The van der Waals surface area contributed by atoms with E-state index in [1.54, 1.807) is 18.0 Å². The molecule has 6 nitrogen and oxygen atoms in total. The molecular weight excluding hydrogens is 384 g/mol. The van der Waals surface area contributed by atoms with E-state index in [1.165, 1.54) is 11.1 Å². The molecule has 4 heterocycles. The lowest BCUT2D eigenvalue weighted by molar-refractivity contribution is -0.131. The van der Waals surface area contributed by atoms with Crippen molar-refractivity contribution in [1.29, 1.82) is 0 Å². The van der Waals surface area contributed by atoms with Crippen LogP contribution in [0.2, 0.25) is 0 Å². The summed E-state index contributed by atoms with van der Waals surface area (Å²) in [5, 5.41) is 4.01. The van der Waals surface area contributed by atoms with Gasteiger partial charge in [-0.15, -0.1) is 11.8 Å². The van der Waals surface area contributed by atoms with Crippen molar-refractivity contribution in [3.05, 3.63) is 65.7 Å². The van der Waals surface area contributed by atoms with Gasteiger partial charge in [-0.2, -0.15) is 4.98 Å². The Bertz CT molecular complexity index is 999. The van der Waals surface area contributed by atoms with E-state index in [2.05, 4.69) is 33.3 Å². The van der Waals surface area contributed by atoms with Crippen molar-refractivity contribution < 1.29 is 9.32 Å². The largest absolute Gasteiger partial charge is 0.341 e. The van der Waals surface area contributed by atoms with Gasteiger partial charge < -0.3 is 9.42 Å². The summed E-state index contributed by atoms with van der Waals surface area (Å²) < 4.78 is 5.51. The standard InChI is InChI=1S/C22H22N4O2S/c27-22(19-17-6-2-1-5-15(17)10-14-29-19)26-12-8-16(9-13-26)21-24-20(25-28-21)18-7-3-4-11-23-18/h1-7,11,16,19H,8-10,12-14H2. The highest BCUT2D eigenvalue weighted by molar-refractivity contribution is 8.00. The molecular formula is C22H22N4O2S. The van der Waals surface area contributed by atoms with Crippen LogP contribution in [0.1, 0.15) is 41.0 Å². The van der Waals surface area contributed by atoms with Crippen molar-refractivity contribution in [3.8, 4) is 11.5 Å². The van der Waals surface area contributed by atoms with Gasteiger partial charge in [-0.25, -0.2) is 0 Å². The van der Waals surface area contributed by atoms with Crippen LogP contribution in [0.25, 0.3) is 11.5 Å². The fourth-order valence-electron chi connectivity index (χ4n) is 4.11. The third-order valence-corrected chi connectivity index (χ3v) is 6.94. The van der Waals surface area contributed by atoms with Gasteiger partial charge in [0.25, 0.3) is 0 Å². The van der Waals surface area contributed by atoms with Gasteiger partial charge in [-0.3, -0.25) is 9.78 Å². The Kier molecular flexibility index (Phi) is 5.06. The molecule has 0 aliphatic carbocycles. The predicted molar refractivity (Wildman–Crippen MR) is 111 cm³/mol. The fourth-order valence-corrected chi connectivity index (χ4v) is 5.39.